The Labute approximate surface area is 252 Å². The van der Waals surface area contributed by atoms with Gasteiger partial charge in [0.15, 0.2) is 14.6 Å². The topological polar surface area (TPSA) is 107 Å². The molecule has 0 bridgehead atoms. The number of hydrogen-bond acceptors (Lipinski definition) is 8. The highest BCUT2D eigenvalue weighted by molar-refractivity contribution is 6.78. The summed E-state index contributed by atoms with van der Waals surface area (Å²) >= 11 is 0. The van der Waals surface area contributed by atoms with Gasteiger partial charge in [-0.25, -0.2) is 0 Å². The number of rotatable bonds is 14. The highest BCUT2D eigenvalue weighted by atomic mass is 28.4. The molecule has 0 saturated carbocycles. The minimum Gasteiger partial charge on any atom is -0.493 e. The largest absolute Gasteiger partial charge is 0.493 e. The fraction of sp³-hybridized carbons (Fsp3) is 0.935. The van der Waals surface area contributed by atoms with Crippen LogP contribution in [0, 0.1) is 5.92 Å². The molecule has 0 aromatic rings. The Bertz CT molecular complexity index is 774. The van der Waals surface area contributed by atoms with Crippen molar-refractivity contribution in [1.29, 1.82) is 0 Å². The van der Waals surface area contributed by atoms with E-state index < -0.39 is 65.5 Å². The van der Waals surface area contributed by atoms with Gasteiger partial charge in [-0.05, 0) is 39.3 Å². The zero-order valence-electron chi connectivity index (χ0n) is 28.0. The third-order valence-corrected chi connectivity index (χ3v) is 22.1. The van der Waals surface area contributed by atoms with E-state index >= 15 is 0 Å². The van der Waals surface area contributed by atoms with Crippen molar-refractivity contribution in [2.75, 3.05) is 13.2 Å². The first-order chi connectivity index (χ1) is 18.9. The monoisotopic (exact) mass is 618 g/mol. The molecule has 0 aromatic heterocycles. The molecule has 1 fully saturated rings. The van der Waals surface area contributed by atoms with Crippen LogP contribution in [0.1, 0.15) is 90.0 Å². The van der Waals surface area contributed by atoms with Gasteiger partial charge < -0.3 is 38.4 Å². The Hall–Kier alpha value is -0.306. The van der Waals surface area contributed by atoms with Crippen molar-refractivity contribution in [1.82, 2.24) is 0 Å². The maximum Gasteiger partial charge on any atom is 0.200 e. The Morgan fingerprint density at radius 1 is 0.659 bits per heavy atom. The molecule has 8 nitrogen and oxygen atoms in total. The van der Waals surface area contributed by atoms with Gasteiger partial charge in [0.25, 0.3) is 0 Å². The molecule has 8 atom stereocenters. The van der Waals surface area contributed by atoms with Crippen LogP contribution in [-0.4, -0.2) is 88.1 Å². The lowest BCUT2D eigenvalue weighted by Gasteiger charge is -2.47. The van der Waals surface area contributed by atoms with Crippen LogP contribution in [0.25, 0.3) is 0 Å². The number of aliphatic hydroxyl groups is 3. The molecule has 0 aliphatic carbocycles. The van der Waals surface area contributed by atoms with E-state index in [2.05, 4.69) is 83.1 Å². The van der Waals surface area contributed by atoms with E-state index in [-0.39, 0.29) is 13.2 Å². The van der Waals surface area contributed by atoms with Gasteiger partial charge in [-0.3, -0.25) is 0 Å². The molecule has 2 rings (SSSR count). The van der Waals surface area contributed by atoms with Crippen molar-refractivity contribution in [2.24, 2.45) is 5.92 Å². The number of ether oxygens (including phenoxy) is 3. The molecule has 5 unspecified atom stereocenters. The average molecular weight is 619 g/mol. The molecule has 0 amide bonds. The molecule has 2 heterocycles. The second-order valence-electron chi connectivity index (χ2n) is 14.2. The molecule has 3 N–H and O–H groups in total. The van der Waals surface area contributed by atoms with Crippen LogP contribution >= 0.6 is 0 Å². The Morgan fingerprint density at radius 2 is 1.07 bits per heavy atom. The number of aliphatic hydroxyl groups excluding tert-OH is 3. The normalized spacial score (nSPS) is 31.8. The van der Waals surface area contributed by atoms with Crippen LogP contribution in [0.2, 0.25) is 33.2 Å². The molecule has 0 spiro atoms. The predicted octanol–water partition coefficient (Wildman–Crippen LogP) is 6.11. The summed E-state index contributed by atoms with van der Waals surface area (Å²) in [6.45, 7) is 29.0. The fourth-order valence-corrected chi connectivity index (χ4v) is 18.8. The minimum absolute atomic E-state index is 0.223. The maximum absolute atomic E-state index is 11.1. The molecule has 10 heteroatoms. The molecule has 2 aliphatic heterocycles. The zero-order chi connectivity index (χ0) is 31.4. The molecule has 1 saturated heterocycles. The van der Waals surface area contributed by atoms with Gasteiger partial charge in [0.2, 0.25) is 8.32 Å². The summed E-state index contributed by atoms with van der Waals surface area (Å²) < 4.78 is 32.0. The summed E-state index contributed by atoms with van der Waals surface area (Å²) in [6, 6.07) is 0. The second-order valence-corrected chi connectivity index (χ2v) is 25.2. The van der Waals surface area contributed by atoms with Crippen LogP contribution < -0.4 is 0 Å². The standard InChI is InChI=1S/C31H62O8Si2/c1-18(2)40(19(3)4,20(5)6)36-16-26-28(33)24(13)29(34)31(38-26)39-30-25(32)14-15-35-27(30)17-37-41(21(7)8,22(9)10)23(11)12/h14-15,18-34H,16-17H2,1-13H3/t24?,25?,26?,27?,28-,29?,30+,31+/m1/s1. The first-order valence-electron chi connectivity index (χ1n) is 15.9. The van der Waals surface area contributed by atoms with E-state index in [1.165, 1.54) is 6.26 Å². The Morgan fingerprint density at radius 3 is 1.49 bits per heavy atom. The SMILES string of the molecule is CC1C(O)[C@H](O[C@H]2C(O)C=COC2CO[Si](C(C)C)(C(C)C)C(C)C)OC(CO[Si](C(C)C)(C(C)C)C(C)C)[C@@H]1O. The lowest BCUT2D eigenvalue weighted by molar-refractivity contribution is -0.313. The van der Waals surface area contributed by atoms with Gasteiger partial charge in [-0.2, -0.15) is 0 Å². The molecular formula is C31H62O8Si2. The lowest BCUT2D eigenvalue weighted by Crippen LogP contribution is -2.60. The third-order valence-electron chi connectivity index (χ3n) is 9.98. The van der Waals surface area contributed by atoms with Crippen LogP contribution in [0.4, 0.5) is 0 Å². The molecule has 0 radical (unpaired) electrons. The van der Waals surface area contributed by atoms with Gasteiger partial charge in [-0.15, -0.1) is 0 Å². The molecule has 2 aliphatic rings. The molecular weight excluding hydrogens is 557 g/mol. The highest BCUT2D eigenvalue weighted by Gasteiger charge is 2.50. The summed E-state index contributed by atoms with van der Waals surface area (Å²) in [5, 5.41) is 33.1. The van der Waals surface area contributed by atoms with Crippen molar-refractivity contribution in [3.63, 3.8) is 0 Å². The Kier molecular flexibility index (Phi) is 13.6. The summed E-state index contributed by atoms with van der Waals surface area (Å²) in [5.74, 6) is -0.509. The van der Waals surface area contributed by atoms with Crippen molar-refractivity contribution in [2.45, 2.75) is 166 Å². The lowest BCUT2D eigenvalue weighted by atomic mass is 9.91. The van der Waals surface area contributed by atoms with E-state index in [0.717, 1.165) is 0 Å². The van der Waals surface area contributed by atoms with Gasteiger partial charge in [0.05, 0.1) is 25.6 Å². The first kappa shape index (κ1) is 36.9. The quantitative estimate of drug-likeness (QED) is 0.200. The van der Waals surface area contributed by atoms with Gasteiger partial charge >= 0.3 is 0 Å². The summed E-state index contributed by atoms with van der Waals surface area (Å²) in [5.41, 5.74) is 2.36. The average Bonchev–Trinajstić information content (AvgIpc) is 2.86. The van der Waals surface area contributed by atoms with Crippen molar-refractivity contribution >= 4 is 16.6 Å². The van der Waals surface area contributed by atoms with Crippen LogP contribution in [0.5, 0.6) is 0 Å². The fourth-order valence-electron chi connectivity index (χ4n) is 7.92. The summed E-state index contributed by atoms with van der Waals surface area (Å²) in [6.07, 6.45) is -3.03. The van der Waals surface area contributed by atoms with Crippen molar-refractivity contribution in [3.05, 3.63) is 12.3 Å². The van der Waals surface area contributed by atoms with Crippen molar-refractivity contribution < 1.29 is 38.4 Å². The van der Waals surface area contributed by atoms with Crippen LogP contribution in [0.15, 0.2) is 12.3 Å². The second kappa shape index (κ2) is 15.1. The minimum atomic E-state index is -2.20. The van der Waals surface area contributed by atoms with Crippen LogP contribution in [0.3, 0.4) is 0 Å². The third kappa shape index (κ3) is 7.68. The van der Waals surface area contributed by atoms with E-state index in [9.17, 15) is 15.3 Å². The van der Waals surface area contributed by atoms with Crippen LogP contribution in [-0.2, 0) is 23.1 Å². The molecule has 0 aromatic carbocycles. The summed E-state index contributed by atoms with van der Waals surface area (Å²) in [4.78, 5) is 0. The van der Waals surface area contributed by atoms with Crippen molar-refractivity contribution in [3.8, 4) is 0 Å². The Balaban J connectivity index is 2.25. The van der Waals surface area contributed by atoms with E-state index in [0.29, 0.717) is 33.2 Å². The maximum atomic E-state index is 11.1. The van der Waals surface area contributed by atoms with Gasteiger partial charge in [0.1, 0.15) is 30.5 Å². The predicted molar refractivity (Wildman–Crippen MR) is 169 cm³/mol. The van der Waals surface area contributed by atoms with E-state index in [1.807, 2.05) is 0 Å². The highest BCUT2D eigenvalue weighted by Crippen LogP contribution is 2.44. The molecule has 242 valence electrons. The van der Waals surface area contributed by atoms with E-state index in [1.54, 1.807) is 13.0 Å². The summed E-state index contributed by atoms with van der Waals surface area (Å²) in [7, 11) is -4.38. The first-order valence-corrected chi connectivity index (χ1v) is 20.2. The smallest absolute Gasteiger partial charge is 0.200 e. The van der Waals surface area contributed by atoms with E-state index in [4.69, 9.17) is 23.1 Å². The molecule has 41 heavy (non-hydrogen) atoms. The number of hydrogen-bond donors (Lipinski definition) is 3. The van der Waals surface area contributed by atoms with Gasteiger partial charge in [0, 0.05) is 5.92 Å². The zero-order valence-corrected chi connectivity index (χ0v) is 30.0. The van der Waals surface area contributed by atoms with Gasteiger partial charge in [-0.1, -0.05) is 90.0 Å².